The number of nitrogens with zero attached hydrogens (tertiary/aromatic N) is 1. The third kappa shape index (κ3) is 2.54. The van der Waals surface area contributed by atoms with Gasteiger partial charge in [0.2, 0.25) is 5.88 Å². The number of aromatic nitrogens is 1. The van der Waals surface area contributed by atoms with Crippen molar-refractivity contribution in [3.63, 3.8) is 0 Å². The van der Waals surface area contributed by atoms with E-state index in [2.05, 4.69) is 10.3 Å². The highest BCUT2D eigenvalue weighted by Gasteiger charge is 2.15. The molecular formula is C14H16N2O2. The van der Waals surface area contributed by atoms with E-state index < -0.39 is 0 Å². The zero-order valence-corrected chi connectivity index (χ0v) is 10.1. The maximum atomic E-state index is 5.91. The first-order chi connectivity index (χ1) is 8.92. The van der Waals surface area contributed by atoms with Crippen LogP contribution in [0.1, 0.15) is 12.8 Å². The van der Waals surface area contributed by atoms with Gasteiger partial charge in [-0.2, -0.15) is 0 Å². The topological polar surface area (TPSA) is 47.3 Å². The maximum Gasteiger partial charge on any atom is 0.214 e. The molecule has 0 unspecified atom stereocenters. The molecule has 0 atom stereocenters. The lowest BCUT2D eigenvalue weighted by molar-refractivity contribution is 0.156. The molecule has 0 amide bonds. The average molecular weight is 244 g/mol. The second kappa shape index (κ2) is 5.23. The molecule has 2 aromatic heterocycles. The van der Waals surface area contributed by atoms with Crippen LogP contribution in [-0.4, -0.2) is 24.2 Å². The first-order valence-corrected chi connectivity index (χ1v) is 6.29. The smallest absolute Gasteiger partial charge is 0.214 e. The third-order valence-corrected chi connectivity index (χ3v) is 3.11. The number of ether oxygens (including phenoxy) is 1. The Morgan fingerprint density at radius 3 is 2.89 bits per heavy atom. The Morgan fingerprint density at radius 2 is 2.11 bits per heavy atom. The Morgan fingerprint density at radius 1 is 1.22 bits per heavy atom. The summed E-state index contributed by atoms with van der Waals surface area (Å²) in [6.07, 6.45) is 5.70. The van der Waals surface area contributed by atoms with E-state index in [-0.39, 0.29) is 6.10 Å². The van der Waals surface area contributed by atoms with Gasteiger partial charge >= 0.3 is 0 Å². The zero-order chi connectivity index (χ0) is 12.2. The number of furan rings is 1. The number of pyridine rings is 1. The summed E-state index contributed by atoms with van der Waals surface area (Å²) in [5, 5.41) is 3.32. The lowest BCUT2D eigenvalue weighted by Gasteiger charge is -2.23. The van der Waals surface area contributed by atoms with Crippen LogP contribution >= 0.6 is 0 Å². The van der Waals surface area contributed by atoms with Crippen molar-refractivity contribution in [2.75, 3.05) is 13.1 Å². The van der Waals surface area contributed by atoms with Crippen LogP contribution in [0, 0.1) is 0 Å². The fourth-order valence-corrected chi connectivity index (χ4v) is 2.14. The van der Waals surface area contributed by atoms with Crippen LogP contribution in [0.2, 0.25) is 0 Å². The molecule has 3 heterocycles. The summed E-state index contributed by atoms with van der Waals surface area (Å²) in [6, 6.07) is 7.73. The monoisotopic (exact) mass is 244 g/mol. The summed E-state index contributed by atoms with van der Waals surface area (Å²) in [5.41, 5.74) is 1.86. The van der Waals surface area contributed by atoms with Gasteiger partial charge in [0.25, 0.3) is 0 Å². The summed E-state index contributed by atoms with van der Waals surface area (Å²) >= 11 is 0. The summed E-state index contributed by atoms with van der Waals surface area (Å²) in [4.78, 5) is 4.51. The minimum absolute atomic E-state index is 0.276. The third-order valence-electron chi connectivity index (χ3n) is 3.11. The summed E-state index contributed by atoms with van der Waals surface area (Å²) in [5.74, 6) is 0.695. The molecule has 1 saturated heterocycles. The van der Waals surface area contributed by atoms with E-state index in [1.54, 1.807) is 12.5 Å². The normalized spacial score (nSPS) is 16.7. The van der Waals surface area contributed by atoms with E-state index in [4.69, 9.17) is 9.15 Å². The van der Waals surface area contributed by atoms with Gasteiger partial charge in [-0.05, 0) is 38.1 Å². The number of piperidine rings is 1. The van der Waals surface area contributed by atoms with E-state index in [0.29, 0.717) is 5.88 Å². The number of rotatable bonds is 3. The second-order valence-corrected chi connectivity index (χ2v) is 4.44. The molecule has 0 radical (unpaired) electrons. The van der Waals surface area contributed by atoms with Gasteiger partial charge in [0.15, 0.2) is 0 Å². The average Bonchev–Trinajstić information content (AvgIpc) is 2.94. The van der Waals surface area contributed by atoms with Crippen LogP contribution in [0.15, 0.2) is 41.2 Å². The van der Waals surface area contributed by atoms with E-state index in [1.807, 2.05) is 24.3 Å². The Kier molecular flexibility index (Phi) is 3.28. The molecule has 1 aliphatic heterocycles. The van der Waals surface area contributed by atoms with Crippen LogP contribution < -0.4 is 10.1 Å². The van der Waals surface area contributed by atoms with Crippen molar-refractivity contribution in [1.29, 1.82) is 0 Å². The van der Waals surface area contributed by atoms with Crippen molar-refractivity contribution >= 4 is 0 Å². The van der Waals surface area contributed by atoms with E-state index in [1.165, 1.54) is 0 Å². The fourth-order valence-electron chi connectivity index (χ4n) is 2.14. The zero-order valence-electron chi connectivity index (χ0n) is 10.1. The predicted octanol–water partition coefficient (Wildman–Crippen LogP) is 2.47. The van der Waals surface area contributed by atoms with Gasteiger partial charge in [-0.25, -0.2) is 4.98 Å². The Balaban J connectivity index is 1.74. The van der Waals surface area contributed by atoms with Gasteiger partial charge < -0.3 is 14.5 Å². The largest absolute Gasteiger partial charge is 0.474 e. The number of hydrogen-bond acceptors (Lipinski definition) is 4. The van der Waals surface area contributed by atoms with Gasteiger partial charge in [0.1, 0.15) is 6.10 Å². The highest BCUT2D eigenvalue weighted by molar-refractivity contribution is 5.57. The molecular weight excluding hydrogens is 228 g/mol. The standard InChI is InChI=1S/C14H16N2O2/c1-2-13(11-6-9-17-10-11)16-14(3-1)18-12-4-7-15-8-5-12/h1-3,6,9-10,12,15H,4-5,7-8H2. The Labute approximate surface area is 106 Å². The van der Waals surface area contributed by atoms with Gasteiger partial charge in [-0.15, -0.1) is 0 Å². The predicted molar refractivity (Wildman–Crippen MR) is 68.5 cm³/mol. The minimum Gasteiger partial charge on any atom is -0.474 e. The highest BCUT2D eigenvalue weighted by atomic mass is 16.5. The molecule has 0 spiro atoms. The van der Waals surface area contributed by atoms with Crippen molar-refractivity contribution in [2.24, 2.45) is 0 Å². The highest BCUT2D eigenvalue weighted by Crippen LogP contribution is 2.21. The molecule has 4 nitrogen and oxygen atoms in total. The molecule has 94 valence electrons. The van der Waals surface area contributed by atoms with E-state index >= 15 is 0 Å². The molecule has 0 saturated carbocycles. The van der Waals surface area contributed by atoms with Crippen LogP contribution in [0.4, 0.5) is 0 Å². The van der Waals surface area contributed by atoms with Crippen LogP contribution in [0.3, 0.4) is 0 Å². The molecule has 1 aliphatic rings. The quantitative estimate of drug-likeness (QED) is 0.901. The lowest BCUT2D eigenvalue weighted by Crippen LogP contribution is -2.34. The number of nitrogens with one attached hydrogen (secondary N) is 1. The Bertz CT molecular complexity index is 490. The lowest BCUT2D eigenvalue weighted by atomic mass is 10.1. The molecule has 18 heavy (non-hydrogen) atoms. The first kappa shape index (κ1) is 11.3. The SMILES string of the molecule is c1cc(OC2CCNCC2)nc(-c2ccoc2)c1. The van der Waals surface area contributed by atoms with Gasteiger partial charge in [-0.3, -0.25) is 0 Å². The minimum atomic E-state index is 0.276. The van der Waals surface area contributed by atoms with Crippen molar-refractivity contribution in [3.8, 4) is 17.1 Å². The molecule has 1 fully saturated rings. The maximum absolute atomic E-state index is 5.91. The van der Waals surface area contributed by atoms with Crippen molar-refractivity contribution in [3.05, 3.63) is 36.8 Å². The molecule has 0 bridgehead atoms. The van der Waals surface area contributed by atoms with Crippen LogP contribution in [-0.2, 0) is 0 Å². The van der Waals surface area contributed by atoms with Crippen molar-refractivity contribution in [1.82, 2.24) is 10.3 Å². The summed E-state index contributed by atoms with van der Waals surface area (Å²) < 4.78 is 11.0. The van der Waals surface area contributed by atoms with Gasteiger partial charge in [0.05, 0.1) is 18.2 Å². The number of hydrogen-bond donors (Lipinski definition) is 1. The molecule has 1 N–H and O–H groups in total. The fraction of sp³-hybridized carbons (Fsp3) is 0.357. The summed E-state index contributed by atoms with van der Waals surface area (Å²) in [6.45, 7) is 2.04. The van der Waals surface area contributed by atoms with E-state index in [0.717, 1.165) is 37.2 Å². The van der Waals surface area contributed by atoms with E-state index in [9.17, 15) is 0 Å². The summed E-state index contributed by atoms with van der Waals surface area (Å²) in [7, 11) is 0. The molecule has 2 aromatic rings. The second-order valence-electron chi connectivity index (χ2n) is 4.44. The molecule has 3 rings (SSSR count). The van der Waals surface area contributed by atoms with Crippen molar-refractivity contribution in [2.45, 2.75) is 18.9 Å². The van der Waals surface area contributed by atoms with Gasteiger partial charge in [-0.1, -0.05) is 6.07 Å². The molecule has 0 aliphatic carbocycles. The van der Waals surface area contributed by atoms with Crippen molar-refractivity contribution < 1.29 is 9.15 Å². The van der Waals surface area contributed by atoms with Crippen LogP contribution in [0.25, 0.3) is 11.3 Å². The van der Waals surface area contributed by atoms with Crippen LogP contribution in [0.5, 0.6) is 5.88 Å². The first-order valence-electron chi connectivity index (χ1n) is 6.29. The molecule has 4 heteroatoms. The molecule has 0 aromatic carbocycles. The Hall–Kier alpha value is -1.81. The van der Waals surface area contributed by atoms with Gasteiger partial charge in [0, 0.05) is 11.6 Å².